The highest BCUT2D eigenvalue weighted by Gasteiger charge is 2.31. The fraction of sp³-hybridized carbons (Fsp3) is 0.500. The molecular formula is C22H31N5O2. The largest absolute Gasteiger partial charge is 0.390 e. The van der Waals surface area contributed by atoms with Crippen molar-refractivity contribution in [2.45, 2.75) is 38.8 Å². The third-order valence-corrected chi connectivity index (χ3v) is 5.70. The number of aromatic nitrogens is 2. The Morgan fingerprint density at radius 2 is 1.90 bits per heavy atom. The molecule has 1 saturated heterocycles. The van der Waals surface area contributed by atoms with Crippen molar-refractivity contribution in [3.63, 3.8) is 0 Å². The highest BCUT2D eigenvalue weighted by molar-refractivity contribution is 5.77. The molecule has 156 valence electrons. The molecule has 2 heterocycles. The molecule has 1 aliphatic heterocycles. The summed E-state index contributed by atoms with van der Waals surface area (Å²) in [5.41, 5.74) is 7.78. The third kappa shape index (κ3) is 5.31. The van der Waals surface area contributed by atoms with Crippen LogP contribution in [0.5, 0.6) is 0 Å². The van der Waals surface area contributed by atoms with Crippen LogP contribution in [0.1, 0.15) is 32.3 Å². The number of carbonyl (C=O) groups is 1. The maximum atomic E-state index is 11.7. The molecule has 1 amide bonds. The molecule has 0 aliphatic carbocycles. The molecule has 29 heavy (non-hydrogen) atoms. The number of nitrogens with two attached hydrogens (primary N) is 1. The minimum atomic E-state index is -0.634. The van der Waals surface area contributed by atoms with E-state index in [2.05, 4.69) is 14.9 Å². The number of hydrogen-bond donors (Lipinski definition) is 2. The zero-order valence-corrected chi connectivity index (χ0v) is 17.5. The minimum Gasteiger partial charge on any atom is -0.390 e. The van der Waals surface area contributed by atoms with Crippen molar-refractivity contribution in [2.24, 2.45) is 11.7 Å². The fourth-order valence-electron chi connectivity index (χ4n) is 3.79. The summed E-state index contributed by atoms with van der Waals surface area (Å²) in [5, 5.41) is 10.2. The summed E-state index contributed by atoms with van der Waals surface area (Å²) in [6.45, 7) is 6.00. The molecule has 1 fully saturated rings. The molecule has 0 saturated carbocycles. The average molecular weight is 398 g/mol. The summed E-state index contributed by atoms with van der Waals surface area (Å²) < 4.78 is 0. The van der Waals surface area contributed by atoms with Gasteiger partial charge in [0.1, 0.15) is 0 Å². The van der Waals surface area contributed by atoms with Crippen molar-refractivity contribution in [1.29, 1.82) is 0 Å². The van der Waals surface area contributed by atoms with Gasteiger partial charge in [-0.2, -0.15) is 0 Å². The molecule has 3 rings (SSSR count). The molecule has 0 radical (unpaired) electrons. The van der Waals surface area contributed by atoms with Crippen LogP contribution in [0.15, 0.2) is 36.7 Å². The average Bonchev–Trinajstić information content (AvgIpc) is 2.73. The summed E-state index contributed by atoms with van der Waals surface area (Å²) in [4.78, 5) is 24.6. The number of nitrogens with zero attached hydrogens (tertiary/aromatic N) is 4. The van der Waals surface area contributed by atoms with Crippen molar-refractivity contribution in [3.8, 4) is 11.1 Å². The highest BCUT2D eigenvalue weighted by atomic mass is 16.3. The van der Waals surface area contributed by atoms with E-state index in [1.165, 1.54) is 0 Å². The number of amides is 1. The molecule has 0 atom stereocenters. The van der Waals surface area contributed by atoms with E-state index < -0.39 is 5.60 Å². The van der Waals surface area contributed by atoms with Gasteiger partial charge in [-0.1, -0.05) is 18.2 Å². The van der Waals surface area contributed by atoms with E-state index in [1.807, 2.05) is 50.5 Å². The van der Waals surface area contributed by atoms with Crippen LogP contribution in [-0.4, -0.2) is 58.2 Å². The first-order valence-corrected chi connectivity index (χ1v) is 10.1. The second-order valence-electron chi connectivity index (χ2n) is 8.34. The number of anilines is 1. The smallest absolute Gasteiger partial charge is 0.236 e. The van der Waals surface area contributed by atoms with Crippen LogP contribution in [-0.2, 0) is 11.3 Å². The zero-order chi connectivity index (χ0) is 21.0. The fourth-order valence-corrected chi connectivity index (χ4v) is 3.79. The lowest BCUT2D eigenvalue weighted by molar-refractivity contribution is -0.128. The molecule has 0 bridgehead atoms. The topological polar surface area (TPSA) is 95.6 Å². The second kappa shape index (κ2) is 8.88. The SMILES string of the molecule is CN(Cc1cccc(-c2cnc(N3CCC(C(C)(C)O)CC3)nc2)c1)C(=O)CN. The predicted octanol–water partition coefficient (Wildman–Crippen LogP) is 2.05. The van der Waals surface area contributed by atoms with Gasteiger partial charge in [0.15, 0.2) is 0 Å². The summed E-state index contributed by atoms with van der Waals surface area (Å²) in [6.07, 6.45) is 5.56. The summed E-state index contributed by atoms with van der Waals surface area (Å²) in [7, 11) is 1.75. The Bertz CT molecular complexity index is 824. The van der Waals surface area contributed by atoms with Crippen molar-refractivity contribution < 1.29 is 9.90 Å². The minimum absolute atomic E-state index is 0.0124. The van der Waals surface area contributed by atoms with Gasteiger partial charge in [-0.05, 0) is 49.8 Å². The molecule has 1 aliphatic rings. The molecule has 1 aromatic carbocycles. The Morgan fingerprint density at radius 1 is 1.24 bits per heavy atom. The maximum Gasteiger partial charge on any atom is 0.236 e. The van der Waals surface area contributed by atoms with E-state index >= 15 is 0 Å². The normalized spacial score (nSPS) is 15.4. The summed E-state index contributed by atoms with van der Waals surface area (Å²) >= 11 is 0. The first-order chi connectivity index (χ1) is 13.8. The predicted molar refractivity (Wildman–Crippen MR) is 114 cm³/mol. The van der Waals surface area contributed by atoms with Gasteiger partial charge < -0.3 is 20.6 Å². The quantitative estimate of drug-likeness (QED) is 0.775. The molecule has 7 heteroatoms. The Balaban J connectivity index is 1.66. The van der Waals surface area contributed by atoms with E-state index in [4.69, 9.17) is 5.73 Å². The van der Waals surface area contributed by atoms with Crippen molar-refractivity contribution in [3.05, 3.63) is 42.2 Å². The van der Waals surface area contributed by atoms with Gasteiger partial charge in [-0.15, -0.1) is 0 Å². The van der Waals surface area contributed by atoms with Crippen molar-refractivity contribution >= 4 is 11.9 Å². The van der Waals surface area contributed by atoms with Crippen LogP contribution >= 0.6 is 0 Å². The van der Waals surface area contributed by atoms with E-state index in [1.54, 1.807) is 11.9 Å². The van der Waals surface area contributed by atoms with Crippen LogP contribution in [0.3, 0.4) is 0 Å². The summed E-state index contributed by atoms with van der Waals surface area (Å²) in [6, 6.07) is 8.03. The van der Waals surface area contributed by atoms with Crippen molar-refractivity contribution in [2.75, 3.05) is 31.6 Å². The molecule has 7 nitrogen and oxygen atoms in total. The number of likely N-dealkylation sites (N-methyl/N-ethyl adjacent to an activating group) is 1. The first-order valence-electron chi connectivity index (χ1n) is 10.1. The molecule has 1 aromatic heterocycles. The zero-order valence-electron chi connectivity index (χ0n) is 17.5. The van der Waals surface area contributed by atoms with Crippen LogP contribution < -0.4 is 10.6 Å². The monoisotopic (exact) mass is 397 g/mol. The van der Waals surface area contributed by atoms with Gasteiger partial charge in [-0.3, -0.25) is 4.79 Å². The van der Waals surface area contributed by atoms with Gasteiger partial charge in [0.2, 0.25) is 11.9 Å². The molecular weight excluding hydrogens is 366 g/mol. The Kier molecular flexibility index (Phi) is 6.49. The van der Waals surface area contributed by atoms with Gasteiger partial charge in [0.25, 0.3) is 0 Å². The Labute approximate surface area is 172 Å². The van der Waals surface area contributed by atoms with Crippen molar-refractivity contribution in [1.82, 2.24) is 14.9 Å². The van der Waals surface area contributed by atoms with Gasteiger partial charge in [-0.25, -0.2) is 9.97 Å². The molecule has 0 unspecified atom stereocenters. The molecule has 3 N–H and O–H groups in total. The number of carbonyl (C=O) groups excluding carboxylic acids is 1. The Morgan fingerprint density at radius 3 is 2.48 bits per heavy atom. The third-order valence-electron chi connectivity index (χ3n) is 5.70. The standard InChI is InChI=1S/C22H31N5O2/c1-22(2,29)19-7-9-27(10-8-19)21-24-13-18(14-25-21)17-6-4-5-16(11-17)15-26(3)20(28)12-23/h4-6,11,13-14,19,29H,7-10,12,15,23H2,1-3H3. The van der Waals surface area contributed by atoms with Crippen LogP contribution in [0.4, 0.5) is 5.95 Å². The van der Waals surface area contributed by atoms with E-state index in [0.29, 0.717) is 12.5 Å². The molecule has 2 aromatic rings. The van der Waals surface area contributed by atoms with Crippen LogP contribution in [0, 0.1) is 5.92 Å². The number of aliphatic hydroxyl groups is 1. The highest BCUT2D eigenvalue weighted by Crippen LogP contribution is 2.29. The lowest BCUT2D eigenvalue weighted by Crippen LogP contribution is -2.42. The number of hydrogen-bond acceptors (Lipinski definition) is 6. The maximum absolute atomic E-state index is 11.7. The number of benzene rings is 1. The summed E-state index contributed by atoms with van der Waals surface area (Å²) in [5.74, 6) is 0.953. The van der Waals surface area contributed by atoms with E-state index in [9.17, 15) is 9.90 Å². The first kappa shape index (κ1) is 21.2. The molecule has 0 spiro atoms. The Hall–Kier alpha value is -2.51. The van der Waals surface area contributed by atoms with Gasteiger partial charge in [0, 0.05) is 44.6 Å². The second-order valence-corrected chi connectivity index (χ2v) is 8.34. The van der Waals surface area contributed by atoms with E-state index in [0.717, 1.165) is 48.6 Å². The van der Waals surface area contributed by atoms with Gasteiger partial charge in [0.05, 0.1) is 12.1 Å². The van der Waals surface area contributed by atoms with Gasteiger partial charge >= 0.3 is 0 Å². The lowest BCUT2D eigenvalue weighted by atomic mass is 9.83. The van der Waals surface area contributed by atoms with Crippen LogP contribution in [0.2, 0.25) is 0 Å². The van der Waals surface area contributed by atoms with E-state index in [-0.39, 0.29) is 12.5 Å². The number of rotatable bonds is 6. The lowest BCUT2D eigenvalue weighted by Gasteiger charge is -2.37. The number of piperidine rings is 1. The van der Waals surface area contributed by atoms with Crippen LogP contribution in [0.25, 0.3) is 11.1 Å².